The normalized spacial score (nSPS) is 37.0. The molecule has 3 nitrogen and oxygen atoms in total. The van der Waals surface area contributed by atoms with E-state index in [0.717, 1.165) is 17.8 Å². The fraction of sp³-hybridized carbons (Fsp3) is 0.667. The van der Waals surface area contributed by atoms with Crippen LogP contribution in [0.1, 0.15) is 55.8 Å². The Morgan fingerprint density at radius 3 is 2.41 bits per heavy atom. The fourth-order valence-corrected chi connectivity index (χ4v) is 5.96. The van der Waals surface area contributed by atoms with Gasteiger partial charge >= 0.3 is 0 Å². The van der Waals surface area contributed by atoms with Gasteiger partial charge in [0.2, 0.25) is 0 Å². The van der Waals surface area contributed by atoms with Crippen LogP contribution in [0.2, 0.25) is 0 Å². The number of hydrogen-bond donors (Lipinski definition) is 2. The summed E-state index contributed by atoms with van der Waals surface area (Å²) in [6.07, 6.45) is 9.99. The highest BCUT2D eigenvalue weighted by atomic mass is 32.1. The fourth-order valence-electron chi connectivity index (χ4n) is 5.74. The quantitative estimate of drug-likeness (QED) is 0.825. The van der Waals surface area contributed by atoms with Crippen LogP contribution in [0.25, 0.3) is 0 Å². The van der Waals surface area contributed by atoms with E-state index in [1.807, 2.05) is 6.07 Å². The summed E-state index contributed by atoms with van der Waals surface area (Å²) in [5.74, 6) is 2.70. The van der Waals surface area contributed by atoms with Gasteiger partial charge in [0.1, 0.15) is 4.64 Å². The van der Waals surface area contributed by atoms with Crippen molar-refractivity contribution < 1.29 is 4.79 Å². The van der Waals surface area contributed by atoms with Crippen molar-refractivity contribution in [2.24, 2.45) is 23.2 Å². The minimum absolute atomic E-state index is 0.0231. The zero-order valence-electron chi connectivity index (χ0n) is 13.1. The number of aromatic nitrogens is 1. The summed E-state index contributed by atoms with van der Waals surface area (Å²) in [7, 11) is 0. The van der Waals surface area contributed by atoms with E-state index in [9.17, 15) is 4.79 Å². The van der Waals surface area contributed by atoms with E-state index in [4.69, 9.17) is 12.2 Å². The predicted molar refractivity (Wildman–Crippen MR) is 89.2 cm³/mol. The third-order valence-electron chi connectivity index (χ3n) is 6.41. The van der Waals surface area contributed by atoms with Crippen molar-refractivity contribution in [1.82, 2.24) is 10.3 Å². The number of rotatable bonds is 3. The van der Waals surface area contributed by atoms with Crippen molar-refractivity contribution in [2.75, 3.05) is 0 Å². The van der Waals surface area contributed by atoms with Crippen molar-refractivity contribution in [3.05, 3.63) is 28.5 Å². The number of carbonyl (C=O) groups excluding carboxylic acids is 1. The Hall–Kier alpha value is -1.16. The van der Waals surface area contributed by atoms with E-state index >= 15 is 0 Å². The van der Waals surface area contributed by atoms with Gasteiger partial charge in [-0.2, -0.15) is 0 Å². The molecule has 1 atom stereocenters. The molecule has 0 unspecified atom stereocenters. The lowest BCUT2D eigenvalue weighted by Crippen LogP contribution is -2.55. The minimum atomic E-state index is -0.0231. The number of aromatic amines is 1. The first-order chi connectivity index (χ1) is 10.6. The maximum atomic E-state index is 12.6. The number of pyridine rings is 1. The average Bonchev–Trinajstić information content (AvgIpc) is 2.46. The molecule has 4 fully saturated rings. The molecule has 4 heteroatoms. The summed E-state index contributed by atoms with van der Waals surface area (Å²) >= 11 is 5.23. The molecule has 4 saturated carbocycles. The molecular weight excluding hydrogens is 292 g/mol. The highest BCUT2D eigenvalue weighted by molar-refractivity contribution is 7.71. The largest absolute Gasteiger partial charge is 0.352 e. The number of nitrogens with one attached hydrogen (secondary N) is 2. The first kappa shape index (κ1) is 14.4. The van der Waals surface area contributed by atoms with Gasteiger partial charge in [-0.15, -0.1) is 0 Å². The Morgan fingerprint density at radius 2 is 1.86 bits per heavy atom. The maximum absolute atomic E-state index is 12.6. The van der Waals surface area contributed by atoms with Gasteiger partial charge in [-0.25, -0.2) is 0 Å². The standard InChI is InChI=1S/C18H24N2OS/c1-11(20-16(21)15-3-2-4-19-17(15)22)18-8-12-5-13(9-18)7-14(6-12)10-18/h2-4,11-14H,5-10H2,1H3,(H,19,22)(H,20,21)/t11-,12?,13?,14?,18?/m0/s1. The third-order valence-corrected chi connectivity index (χ3v) is 6.75. The number of hydrogen-bond acceptors (Lipinski definition) is 2. The van der Waals surface area contributed by atoms with Crippen LogP contribution in [-0.4, -0.2) is 16.9 Å². The maximum Gasteiger partial charge on any atom is 0.254 e. The molecule has 0 spiro atoms. The number of H-pyrrole nitrogens is 1. The van der Waals surface area contributed by atoms with Crippen molar-refractivity contribution in [3.8, 4) is 0 Å². The van der Waals surface area contributed by atoms with Crippen molar-refractivity contribution >= 4 is 18.1 Å². The lowest BCUT2D eigenvalue weighted by Gasteiger charge is -2.59. The summed E-state index contributed by atoms with van der Waals surface area (Å²) < 4.78 is 0.526. The Kier molecular flexibility index (Phi) is 3.40. The van der Waals surface area contributed by atoms with Gasteiger partial charge in [0, 0.05) is 12.2 Å². The van der Waals surface area contributed by atoms with Crippen molar-refractivity contribution in [1.29, 1.82) is 0 Å². The highest BCUT2D eigenvalue weighted by Gasteiger charge is 2.53. The second kappa shape index (κ2) is 5.19. The molecule has 1 heterocycles. The minimum Gasteiger partial charge on any atom is -0.352 e. The first-order valence-electron chi connectivity index (χ1n) is 8.54. The molecule has 5 rings (SSSR count). The van der Waals surface area contributed by atoms with E-state index in [-0.39, 0.29) is 11.9 Å². The van der Waals surface area contributed by atoms with Gasteiger partial charge in [-0.05, 0) is 80.8 Å². The lowest BCUT2D eigenvalue weighted by molar-refractivity contribution is -0.0688. The SMILES string of the molecule is C[C@H](NC(=O)c1ccc[nH]c1=S)C12CC3CC(CC(C3)C1)C2. The Morgan fingerprint density at radius 1 is 1.27 bits per heavy atom. The molecule has 4 aliphatic carbocycles. The van der Waals surface area contributed by atoms with Gasteiger partial charge in [0.05, 0.1) is 5.56 Å². The molecule has 118 valence electrons. The zero-order valence-corrected chi connectivity index (χ0v) is 13.9. The Bertz CT molecular complexity index is 615. The lowest BCUT2D eigenvalue weighted by atomic mass is 9.48. The summed E-state index contributed by atoms with van der Waals surface area (Å²) in [5.41, 5.74) is 0.930. The Labute approximate surface area is 136 Å². The van der Waals surface area contributed by atoms with Crippen LogP contribution in [0.5, 0.6) is 0 Å². The van der Waals surface area contributed by atoms with E-state index in [1.165, 1.54) is 38.5 Å². The summed E-state index contributed by atoms with van der Waals surface area (Å²) in [4.78, 5) is 15.5. The molecule has 2 N–H and O–H groups in total. The molecule has 0 aliphatic heterocycles. The van der Waals surface area contributed by atoms with Gasteiger partial charge in [0.15, 0.2) is 0 Å². The van der Waals surface area contributed by atoms with Crippen LogP contribution >= 0.6 is 12.2 Å². The molecule has 22 heavy (non-hydrogen) atoms. The molecule has 4 aliphatic rings. The predicted octanol–water partition coefficient (Wildman–Crippen LogP) is 4.08. The smallest absolute Gasteiger partial charge is 0.254 e. The van der Waals surface area contributed by atoms with E-state index in [0.29, 0.717) is 15.6 Å². The molecular formula is C18H24N2OS. The average molecular weight is 316 g/mol. The summed E-state index contributed by atoms with van der Waals surface area (Å²) in [6, 6.07) is 3.88. The van der Waals surface area contributed by atoms with Crippen LogP contribution in [0.15, 0.2) is 18.3 Å². The molecule has 1 aromatic heterocycles. The third kappa shape index (κ3) is 2.32. The van der Waals surface area contributed by atoms with Crippen LogP contribution in [0, 0.1) is 27.8 Å². The Balaban J connectivity index is 1.53. The second-order valence-corrected chi connectivity index (χ2v) is 8.30. The van der Waals surface area contributed by atoms with Gasteiger partial charge in [0.25, 0.3) is 5.91 Å². The van der Waals surface area contributed by atoms with E-state index < -0.39 is 0 Å². The number of amides is 1. The van der Waals surface area contributed by atoms with Crippen LogP contribution in [0.4, 0.5) is 0 Å². The molecule has 4 bridgehead atoms. The molecule has 1 amide bonds. The van der Waals surface area contributed by atoms with E-state index in [2.05, 4.69) is 17.2 Å². The van der Waals surface area contributed by atoms with Crippen LogP contribution in [0.3, 0.4) is 0 Å². The van der Waals surface area contributed by atoms with Gasteiger partial charge in [-0.1, -0.05) is 12.2 Å². The number of carbonyl (C=O) groups is 1. The van der Waals surface area contributed by atoms with E-state index in [1.54, 1.807) is 12.3 Å². The molecule has 0 aromatic carbocycles. The van der Waals surface area contributed by atoms with Gasteiger partial charge in [-0.3, -0.25) is 4.79 Å². The van der Waals surface area contributed by atoms with Gasteiger partial charge < -0.3 is 10.3 Å². The summed E-state index contributed by atoms with van der Waals surface area (Å²) in [6.45, 7) is 2.21. The van der Waals surface area contributed by atoms with Crippen molar-refractivity contribution in [3.63, 3.8) is 0 Å². The van der Waals surface area contributed by atoms with Crippen molar-refractivity contribution in [2.45, 2.75) is 51.5 Å². The van der Waals surface area contributed by atoms with Crippen LogP contribution in [-0.2, 0) is 0 Å². The highest BCUT2D eigenvalue weighted by Crippen LogP contribution is 2.61. The second-order valence-electron chi connectivity index (χ2n) is 7.89. The first-order valence-corrected chi connectivity index (χ1v) is 8.95. The molecule has 0 radical (unpaired) electrons. The molecule has 1 aromatic rings. The zero-order chi connectivity index (χ0) is 15.3. The molecule has 0 saturated heterocycles. The summed E-state index contributed by atoms with van der Waals surface area (Å²) in [5, 5.41) is 3.27. The van der Waals surface area contributed by atoms with Crippen LogP contribution < -0.4 is 5.32 Å². The topological polar surface area (TPSA) is 44.9 Å². The monoisotopic (exact) mass is 316 g/mol.